The highest BCUT2D eigenvalue weighted by molar-refractivity contribution is 5.86. The maximum absolute atomic E-state index is 12.9. The quantitative estimate of drug-likeness (QED) is 0.858. The number of fused-ring (bicyclic) bond motifs is 2. The SMILES string of the molecule is CC(C)(C)OC(=O)C1c2ccccc2Oc2ccc(CC(=O)O)cc21. The lowest BCUT2D eigenvalue weighted by atomic mass is 9.86. The monoisotopic (exact) mass is 340 g/mol. The van der Waals surface area contributed by atoms with Crippen molar-refractivity contribution in [3.05, 3.63) is 59.2 Å². The summed E-state index contributed by atoms with van der Waals surface area (Å²) >= 11 is 0. The van der Waals surface area contributed by atoms with Crippen molar-refractivity contribution in [1.82, 2.24) is 0 Å². The Labute approximate surface area is 146 Å². The normalized spacial score (nSPS) is 15.6. The van der Waals surface area contributed by atoms with Gasteiger partial charge in [0.15, 0.2) is 0 Å². The summed E-state index contributed by atoms with van der Waals surface area (Å²) in [5, 5.41) is 9.03. The first kappa shape index (κ1) is 17.0. The highest BCUT2D eigenvalue weighted by atomic mass is 16.6. The van der Waals surface area contributed by atoms with Gasteiger partial charge in [0.2, 0.25) is 0 Å². The van der Waals surface area contributed by atoms with Crippen LogP contribution in [0.5, 0.6) is 11.5 Å². The van der Waals surface area contributed by atoms with Crippen LogP contribution in [0, 0.1) is 0 Å². The van der Waals surface area contributed by atoms with E-state index in [0.29, 0.717) is 22.6 Å². The van der Waals surface area contributed by atoms with E-state index in [1.54, 1.807) is 24.3 Å². The number of esters is 1. The van der Waals surface area contributed by atoms with E-state index in [2.05, 4.69) is 0 Å². The fraction of sp³-hybridized carbons (Fsp3) is 0.300. The zero-order chi connectivity index (χ0) is 18.2. The van der Waals surface area contributed by atoms with Gasteiger partial charge in [-0.05, 0) is 38.5 Å². The summed E-state index contributed by atoms with van der Waals surface area (Å²) in [4.78, 5) is 23.9. The minimum atomic E-state index is -0.925. The average molecular weight is 340 g/mol. The number of aliphatic carboxylic acids is 1. The maximum Gasteiger partial charge on any atom is 0.318 e. The van der Waals surface area contributed by atoms with Crippen LogP contribution in [-0.2, 0) is 20.7 Å². The lowest BCUT2D eigenvalue weighted by molar-refractivity contribution is -0.155. The zero-order valence-electron chi connectivity index (χ0n) is 14.4. The van der Waals surface area contributed by atoms with Gasteiger partial charge in [0.1, 0.15) is 23.0 Å². The van der Waals surface area contributed by atoms with Gasteiger partial charge in [-0.2, -0.15) is 0 Å². The molecule has 2 aromatic carbocycles. The molecule has 0 aromatic heterocycles. The molecule has 0 bridgehead atoms. The van der Waals surface area contributed by atoms with E-state index in [1.165, 1.54) is 0 Å². The number of carboxylic acids is 1. The number of para-hydroxylation sites is 1. The van der Waals surface area contributed by atoms with Crippen LogP contribution in [0.25, 0.3) is 0 Å². The van der Waals surface area contributed by atoms with E-state index in [4.69, 9.17) is 14.6 Å². The molecule has 1 N–H and O–H groups in total. The molecule has 3 rings (SSSR count). The standard InChI is InChI=1S/C20H20O5/c1-20(2,3)25-19(23)18-13-6-4-5-7-15(13)24-16-9-8-12(10-14(16)18)11-17(21)22/h4-10,18H,11H2,1-3H3,(H,21,22). The molecule has 0 amide bonds. The van der Waals surface area contributed by atoms with E-state index in [0.717, 1.165) is 5.56 Å². The highest BCUT2D eigenvalue weighted by Gasteiger charge is 2.35. The molecule has 5 nitrogen and oxygen atoms in total. The fourth-order valence-electron chi connectivity index (χ4n) is 2.91. The van der Waals surface area contributed by atoms with Gasteiger partial charge in [0.25, 0.3) is 0 Å². The molecule has 1 aliphatic heterocycles. The summed E-state index contributed by atoms with van der Waals surface area (Å²) in [5.41, 5.74) is 1.34. The van der Waals surface area contributed by atoms with Crippen molar-refractivity contribution in [1.29, 1.82) is 0 Å². The number of hydrogen-bond acceptors (Lipinski definition) is 4. The summed E-state index contributed by atoms with van der Waals surface area (Å²) in [6.45, 7) is 5.45. The Hall–Kier alpha value is -2.82. The molecule has 1 heterocycles. The molecule has 130 valence electrons. The van der Waals surface area contributed by atoms with Gasteiger partial charge < -0.3 is 14.6 Å². The minimum absolute atomic E-state index is 0.115. The van der Waals surface area contributed by atoms with Gasteiger partial charge in [0, 0.05) is 11.1 Å². The Bertz CT molecular complexity index is 832. The number of carbonyl (C=O) groups is 2. The van der Waals surface area contributed by atoms with Crippen LogP contribution < -0.4 is 4.74 Å². The molecule has 2 aromatic rings. The first-order chi connectivity index (χ1) is 11.7. The van der Waals surface area contributed by atoms with Crippen molar-refractivity contribution in [2.45, 2.75) is 38.7 Å². The van der Waals surface area contributed by atoms with Gasteiger partial charge in [-0.1, -0.05) is 30.3 Å². The van der Waals surface area contributed by atoms with Gasteiger partial charge in [-0.25, -0.2) is 0 Å². The molecule has 0 saturated carbocycles. The maximum atomic E-state index is 12.9. The highest BCUT2D eigenvalue weighted by Crippen LogP contribution is 2.45. The van der Waals surface area contributed by atoms with Crippen molar-refractivity contribution in [3.8, 4) is 11.5 Å². The Morgan fingerprint density at radius 2 is 1.76 bits per heavy atom. The number of carbonyl (C=O) groups excluding carboxylic acids is 1. The van der Waals surface area contributed by atoms with Crippen molar-refractivity contribution in [2.24, 2.45) is 0 Å². The first-order valence-electron chi connectivity index (χ1n) is 8.09. The molecular formula is C20H20O5. The topological polar surface area (TPSA) is 72.8 Å². The molecule has 0 spiro atoms. The summed E-state index contributed by atoms with van der Waals surface area (Å²) in [5.74, 6) is -0.795. The van der Waals surface area contributed by atoms with E-state index >= 15 is 0 Å². The largest absolute Gasteiger partial charge is 0.481 e. The van der Waals surface area contributed by atoms with Gasteiger partial charge >= 0.3 is 11.9 Å². The minimum Gasteiger partial charge on any atom is -0.481 e. The Morgan fingerprint density at radius 3 is 2.44 bits per heavy atom. The summed E-state index contributed by atoms with van der Waals surface area (Å²) < 4.78 is 11.5. The summed E-state index contributed by atoms with van der Waals surface area (Å²) in [6, 6.07) is 12.4. The predicted molar refractivity (Wildman–Crippen MR) is 92.0 cm³/mol. The smallest absolute Gasteiger partial charge is 0.318 e. The van der Waals surface area contributed by atoms with Crippen molar-refractivity contribution < 1.29 is 24.2 Å². The third-order valence-electron chi connectivity index (χ3n) is 3.83. The first-order valence-corrected chi connectivity index (χ1v) is 8.09. The number of ether oxygens (including phenoxy) is 2. The second kappa shape index (κ2) is 6.24. The molecule has 0 aliphatic carbocycles. The fourth-order valence-corrected chi connectivity index (χ4v) is 2.91. The van der Waals surface area contributed by atoms with E-state index in [1.807, 2.05) is 39.0 Å². The molecule has 0 saturated heterocycles. The molecule has 1 aliphatic rings. The Kier molecular flexibility index (Phi) is 4.25. The van der Waals surface area contributed by atoms with E-state index in [-0.39, 0.29) is 12.4 Å². The van der Waals surface area contributed by atoms with Crippen LogP contribution in [0.1, 0.15) is 43.4 Å². The third kappa shape index (κ3) is 3.65. The van der Waals surface area contributed by atoms with Crippen molar-refractivity contribution in [3.63, 3.8) is 0 Å². The molecular weight excluding hydrogens is 320 g/mol. The third-order valence-corrected chi connectivity index (χ3v) is 3.83. The van der Waals surface area contributed by atoms with Crippen LogP contribution in [0.3, 0.4) is 0 Å². The molecule has 0 fully saturated rings. The number of benzene rings is 2. The molecule has 25 heavy (non-hydrogen) atoms. The lowest BCUT2D eigenvalue weighted by Gasteiger charge is -2.30. The second-order valence-corrected chi connectivity index (χ2v) is 7.05. The molecule has 0 radical (unpaired) electrons. The van der Waals surface area contributed by atoms with E-state index < -0.39 is 17.5 Å². The Morgan fingerprint density at radius 1 is 1.08 bits per heavy atom. The number of rotatable bonds is 3. The summed E-state index contributed by atoms with van der Waals surface area (Å²) in [6.07, 6.45) is -0.115. The Balaban J connectivity index is 2.09. The number of carboxylic acid groups (broad SMARTS) is 1. The second-order valence-electron chi connectivity index (χ2n) is 7.05. The number of hydrogen-bond donors (Lipinski definition) is 1. The van der Waals surface area contributed by atoms with Crippen LogP contribution in [0.2, 0.25) is 0 Å². The molecule has 1 atom stereocenters. The van der Waals surface area contributed by atoms with Crippen LogP contribution in [-0.4, -0.2) is 22.6 Å². The molecule has 5 heteroatoms. The average Bonchev–Trinajstić information content (AvgIpc) is 2.50. The van der Waals surface area contributed by atoms with Gasteiger partial charge in [-0.3, -0.25) is 9.59 Å². The van der Waals surface area contributed by atoms with Gasteiger partial charge in [-0.15, -0.1) is 0 Å². The van der Waals surface area contributed by atoms with Crippen LogP contribution >= 0.6 is 0 Å². The van der Waals surface area contributed by atoms with Crippen molar-refractivity contribution >= 4 is 11.9 Å². The van der Waals surface area contributed by atoms with Gasteiger partial charge in [0.05, 0.1) is 6.42 Å². The zero-order valence-corrected chi connectivity index (χ0v) is 14.4. The van der Waals surface area contributed by atoms with Crippen LogP contribution in [0.4, 0.5) is 0 Å². The summed E-state index contributed by atoms with van der Waals surface area (Å²) in [7, 11) is 0. The van der Waals surface area contributed by atoms with Crippen LogP contribution in [0.15, 0.2) is 42.5 Å². The predicted octanol–water partition coefficient (Wildman–Crippen LogP) is 3.89. The van der Waals surface area contributed by atoms with Crippen molar-refractivity contribution in [2.75, 3.05) is 0 Å². The van der Waals surface area contributed by atoms with E-state index in [9.17, 15) is 9.59 Å². The molecule has 1 unspecified atom stereocenters. The lowest BCUT2D eigenvalue weighted by Crippen LogP contribution is -2.29.